The zero-order chi connectivity index (χ0) is 13.9. The zero-order valence-corrected chi connectivity index (χ0v) is 12.3. The van der Waals surface area contributed by atoms with E-state index in [4.69, 9.17) is 4.74 Å². The van der Waals surface area contributed by atoms with E-state index in [9.17, 15) is 8.42 Å². The molecule has 0 radical (unpaired) electrons. The van der Waals surface area contributed by atoms with Gasteiger partial charge in [-0.05, 0) is 36.8 Å². The molecule has 0 spiro atoms. The molecule has 6 heteroatoms. The molecule has 0 bridgehead atoms. The first-order valence-electron chi connectivity index (χ1n) is 5.68. The van der Waals surface area contributed by atoms with Crippen molar-refractivity contribution in [1.29, 1.82) is 0 Å². The van der Waals surface area contributed by atoms with Crippen molar-refractivity contribution in [2.24, 2.45) is 0 Å². The lowest BCUT2D eigenvalue weighted by molar-refractivity contribution is 0.185. The Morgan fingerprint density at radius 3 is 2.68 bits per heavy atom. The lowest BCUT2D eigenvalue weighted by atomic mass is 10.2. The van der Waals surface area contributed by atoms with Gasteiger partial charge in [-0.15, -0.1) is 11.3 Å². The summed E-state index contributed by atoms with van der Waals surface area (Å²) < 4.78 is 32.2. The molecule has 1 aromatic heterocycles. The molecule has 4 nitrogen and oxygen atoms in total. The minimum Gasteiger partial charge on any atom is -0.380 e. The Bertz CT molecular complexity index is 662. The summed E-state index contributed by atoms with van der Waals surface area (Å²) in [7, 11) is -1.89. The summed E-state index contributed by atoms with van der Waals surface area (Å²) in [5, 5.41) is 0. The van der Waals surface area contributed by atoms with Crippen LogP contribution in [0.1, 0.15) is 10.4 Å². The summed E-state index contributed by atoms with van der Waals surface area (Å²) >= 11 is 1.25. The van der Waals surface area contributed by atoms with Crippen LogP contribution >= 0.6 is 11.3 Å². The average Bonchev–Trinajstić information content (AvgIpc) is 2.77. The Kier molecular flexibility index (Phi) is 4.24. The first kappa shape index (κ1) is 14.0. The van der Waals surface area contributed by atoms with Crippen LogP contribution in [-0.4, -0.2) is 15.5 Å². The van der Waals surface area contributed by atoms with Gasteiger partial charge in [0.15, 0.2) is 0 Å². The molecular formula is C13H15NO3S2. The molecule has 0 atom stereocenters. The SMILES string of the molecule is COCc1cccc(NS(=O)(=O)c2ccc(C)s2)c1. The Morgan fingerprint density at radius 2 is 2.05 bits per heavy atom. The topological polar surface area (TPSA) is 55.4 Å². The molecule has 1 N–H and O–H groups in total. The zero-order valence-electron chi connectivity index (χ0n) is 10.7. The Morgan fingerprint density at radius 1 is 1.26 bits per heavy atom. The monoisotopic (exact) mass is 297 g/mol. The number of aryl methyl sites for hydroxylation is 1. The van der Waals surface area contributed by atoms with E-state index in [1.165, 1.54) is 11.3 Å². The Hall–Kier alpha value is -1.37. The van der Waals surface area contributed by atoms with Gasteiger partial charge in [0.25, 0.3) is 10.0 Å². The van der Waals surface area contributed by atoms with Crippen LogP contribution in [0, 0.1) is 6.92 Å². The van der Waals surface area contributed by atoms with E-state index in [0.29, 0.717) is 16.5 Å². The number of thiophene rings is 1. The molecule has 2 aromatic rings. The second kappa shape index (κ2) is 5.73. The molecule has 102 valence electrons. The number of benzene rings is 1. The molecule has 0 unspecified atom stereocenters. The van der Waals surface area contributed by atoms with E-state index < -0.39 is 10.0 Å². The number of hydrogen-bond acceptors (Lipinski definition) is 4. The third-order valence-electron chi connectivity index (χ3n) is 2.47. The Labute approximate surface area is 117 Å². The molecule has 0 fully saturated rings. The number of methoxy groups -OCH3 is 1. The molecule has 0 aliphatic heterocycles. The largest absolute Gasteiger partial charge is 0.380 e. The van der Waals surface area contributed by atoms with Crippen molar-refractivity contribution < 1.29 is 13.2 Å². The minimum absolute atomic E-state index is 0.321. The molecule has 0 aliphatic carbocycles. The average molecular weight is 297 g/mol. The molecule has 1 heterocycles. The van der Waals surface area contributed by atoms with Crippen molar-refractivity contribution in [1.82, 2.24) is 0 Å². The molecule has 0 saturated carbocycles. The standard InChI is InChI=1S/C13H15NO3S2/c1-10-6-7-13(18-10)19(15,16)14-12-5-3-4-11(8-12)9-17-2/h3-8,14H,9H2,1-2H3. The summed E-state index contributed by atoms with van der Waals surface area (Å²) in [6.45, 7) is 2.33. The molecule has 1 aromatic carbocycles. The van der Waals surface area contributed by atoms with Gasteiger partial charge >= 0.3 is 0 Å². The molecule has 0 saturated heterocycles. The van der Waals surface area contributed by atoms with Crippen molar-refractivity contribution in [2.75, 3.05) is 11.8 Å². The third-order valence-corrected chi connectivity index (χ3v) is 5.34. The molecular weight excluding hydrogens is 282 g/mol. The first-order valence-corrected chi connectivity index (χ1v) is 7.98. The van der Waals surface area contributed by atoms with Gasteiger partial charge < -0.3 is 4.74 Å². The van der Waals surface area contributed by atoms with Gasteiger partial charge in [-0.2, -0.15) is 0 Å². The number of ether oxygens (including phenoxy) is 1. The highest BCUT2D eigenvalue weighted by atomic mass is 32.2. The summed E-state index contributed by atoms with van der Waals surface area (Å²) in [5.41, 5.74) is 1.46. The first-order chi connectivity index (χ1) is 9.01. The highest BCUT2D eigenvalue weighted by Gasteiger charge is 2.16. The van der Waals surface area contributed by atoms with Crippen molar-refractivity contribution in [3.63, 3.8) is 0 Å². The van der Waals surface area contributed by atoms with Crippen LogP contribution in [-0.2, 0) is 21.4 Å². The van der Waals surface area contributed by atoms with Crippen LogP contribution in [0.3, 0.4) is 0 Å². The van der Waals surface area contributed by atoms with E-state index >= 15 is 0 Å². The number of rotatable bonds is 5. The van der Waals surface area contributed by atoms with Crippen molar-refractivity contribution >= 4 is 27.0 Å². The van der Waals surface area contributed by atoms with Crippen LogP contribution < -0.4 is 4.72 Å². The maximum atomic E-state index is 12.2. The van der Waals surface area contributed by atoms with E-state index in [1.54, 1.807) is 37.4 Å². The quantitative estimate of drug-likeness (QED) is 0.923. The highest BCUT2D eigenvalue weighted by molar-refractivity contribution is 7.94. The molecule has 0 amide bonds. The predicted molar refractivity (Wildman–Crippen MR) is 77.0 cm³/mol. The van der Waals surface area contributed by atoms with Crippen LogP contribution in [0.25, 0.3) is 0 Å². The number of sulfonamides is 1. The van der Waals surface area contributed by atoms with Gasteiger partial charge in [0.2, 0.25) is 0 Å². The van der Waals surface area contributed by atoms with Crippen molar-refractivity contribution in [2.45, 2.75) is 17.7 Å². The van der Waals surface area contributed by atoms with Gasteiger partial charge in [-0.1, -0.05) is 12.1 Å². The fourth-order valence-corrected chi connectivity index (χ4v) is 3.99. The van der Waals surface area contributed by atoms with Crippen LogP contribution in [0.5, 0.6) is 0 Å². The van der Waals surface area contributed by atoms with Crippen LogP contribution in [0.15, 0.2) is 40.6 Å². The number of anilines is 1. The van der Waals surface area contributed by atoms with E-state index in [1.807, 2.05) is 13.0 Å². The van der Waals surface area contributed by atoms with Crippen LogP contribution in [0.4, 0.5) is 5.69 Å². The number of hydrogen-bond donors (Lipinski definition) is 1. The number of nitrogens with one attached hydrogen (secondary N) is 1. The highest BCUT2D eigenvalue weighted by Crippen LogP contribution is 2.23. The smallest absolute Gasteiger partial charge is 0.271 e. The van der Waals surface area contributed by atoms with E-state index in [-0.39, 0.29) is 0 Å². The second-order valence-electron chi connectivity index (χ2n) is 4.10. The molecule has 2 rings (SSSR count). The predicted octanol–water partition coefficient (Wildman–Crippen LogP) is 3.00. The van der Waals surface area contributed by atoms with E-state index in [2.05, 4.69) is 4.72 Å². The van der Waals surface area contributed by atoms with Gasteiger partial charge in [-0.25, -0.2) is 8.42 Å². The lowest BCUT2D eigenvalue weighted by Crippen LogP contribution is -2.11. The van der Waals surface area contributed by atoms with Crippen LogP contribution in [0.2, 0.25) is 0 Å². The molecule has 19 heavy (non-hydrogen) atoms. The van der Waals surface area contributed by atoms with Crippen molar-refractivity contribution in [3.05, 3.63) is 46.8 Å². The van der Waals surface area contributed by atoms with Gasteiger partial charge in [0.1, 0.15) is 4.21 Å². The summed E-state index contributed by atoms with van der Waals surface area (Å²) in [5.74, 6) is 0. The molecule has 0 aliphatic rings. The fourth-order valence-electron chi connectivity index (χ4n) is 1.65. The summed E-state index contributed by atoms with van der Waals surface area (Å²) in [4.78, 5) is 0.966. The normalized spacial score (nSPS) is 11.5. The maximum Gasteiger partial charge on any atom is 0.271 e. The minimum atomic E-state index is -3.50. The third kappa shape index (κ3) is 3.56. The lowest BCUT2D eigenvalue weighted by Gasteiger charge is -2.07. The van der Waals surface area contributed by atoms with Gasteiger partial charge in [0.05, 0.1) is 6.61 Å². The second-order valence-corrected chi connectivity index (χ2v) is 7.30. The summed E-state index contributed by atoms with van der Waals surface area (Å²) in [6, 6.07) is 10.6. The maximum absolute atomic E-state index is 12.2. The van der Waals surface area contributed by atoms with Crippen molar-refractivity contribution in [3.8, 4) is 0 Å². The van der Waals surface area contributed by atoms with E-state index in [0.717, 1.165) is 10.4 Å². The van der Waals surface area contributed by atoms with Gasteiger partial charge in [0, 0.05) is 17.7 Å². The fraction of sp³-hybridized carbons (Fsp3) is 0.231. The van der Waals surface area contributed by atoms with Gasteiger partial charge in [-0.3, -0.25) is 4.72 Å². The Balaban J connectivity index is 2.23. The summed E-state index contributed by atoms with van der Waals surface area (Å²) in [6.07, 6.45) is 0.